The lowest BCUT2D eigenvalue weighted by Gasteiger charge is -2.19. The first-order valence-electron chi connectivity index (χ1n) is 7.23. The van der Waals surface area contributed by atoms with Gasteiger partial charge in [0.1, 0.15) is 4.90 Å². The summed E-state index contributed by atoms with van der Waals surface area (Å²) in [5, 5.41) is 6.18. The first-order chi connectivity index (χ1) is 11.9. The molecule has 1 aromatic carbocycles. The molecule has 2 heterocycles. The van der Waals surface area contributed by atoms with E-state index in [9.17, 15) is 8.42 Å². The SMILES string of the molecule is CCN(Cc1nc(-c2cccs2)no1)S(=O)(=O)c1cc(Cl)ccc1Cl. The molecule has 25 heavy (non-hydrogen) atoms. The first-order valence-corrected chi connectivity index (χ1v) is 10.3. The summed E-state index contributed by atoms with van der Waals surface area (Å²) in [5.74, 6) is 0.631. The molecule has 6 nitrogen and oxygen atoms in total. The Morgan fingerprint density at radius 1 is 1.28 bits per heavy atom. The summed E-state index contributed by atoms with van der Waals surface area (Å²) in [5.41, 5.74) is 0. The Balaban J connectivity index is 1.88. The molecule has 0 aliphatic carbocycles. The second-order valence-electron chi connectivity index (χ2n) is 4.99. The summed E-state index contributed by atoms with van der Waals surface area (Å²) in [6, 6.07) is 8.04. The molecule has 0 aliphatic heterocycles. The Morgan fingerprint density at radius 2 is 2.08 bits per heavy atom. The van der Waals surface area contributed by atoms with Crippen LogP contribution in [-0.2, 0) is 16.6 Å². The van der Waals surface area contributed by atoms with Crippen LogP contribution >= 0.6 is 34.5 Å². The van der Waals surface area contributed by atoms with Crippen LogP contribution in [0.2, 0.25) is 10.0 Å². The van der Waals surface area contributed by atoms with Gasteiger partial charge in [0.2, 0.25) is 21.7 Å². The second-order valence-corrected chi connectivity index (χ2v) is 8.69. The Bertz CT molecular complexity index is 972. The molecule has 0 saturated carbocycles. The van der Waals surface area contributed by atoms with Crippen LogP contribution in [0.15, 0.2) is 45.1 Å². The zero-order valence-corrected chi connectivity index (χ0v) is 16.2. The van der Waals surface area contributed by atoms with Gasteiger partial charge in [0.05, 0.1) is 16.4 Å². The molecule has 132 valence electrons. The molecular formula is C15H13Cl2N3O3S2. The highest BCUT2D eigenvalue weighted by Gasteiger charge is 2.28. The van der Waals surface area contributed by atoms with Crippen molar-refractivity contribution in [3.63, 3.8) is 0 Å². The van der Waals surface area contributed by atoms with Crippen molar-refractivity contribution in [2.24, 2.45) is 0 Å². The van der Waals surface area contributed by atoms with Crippen molar-refractivity contribution in [3.05, 3.63) is 51.6 Å². The van der Waals surface area contributed by atoms with E-state index in [1.807, 2.05) is 17.5 Å². The quantitative estimate of drug-likeness (QED) is 0.596. The molecule has 0 bridgehead atoms. The van der Waals surface area contributed by atoms with Crippen molar-refractivity contribution in [2.75, 3.05) is 6.54 Å². The maximum Gasteiger partial charge on any atom is 0.245 e. The fraction of sp³-hybridized carbons (Fsp3) is 0.200. The molecule has 10 heteroatoms. The van der Waals surface area contributed by atoms with Crippen LogP contribution in [0, 0.1) is 0 Å². The number of thiophene rings is 1. The van der Waals surface area contributed by atoms with Gasteiger partial charge in [-0.25, -0.2) is 8.42 Å². The highest BCUT2D eigenvalue weighted by atomic mass is 35.5. The predicted molar refractivity (Wildman–Crippen MR) is 97.3 cm³/mol. The molecule has 0 amide bonds. The molecule has 0 atom stereocenters. The third kappa shape index (κ3) is 3.88. The zero-order chi connectivity index (χ0) is 18.0. The topological polar surface area (TPSA) is 76.3 Å². The van der Waals surface area contributed by atoms with Gasteiger partial charge in [-0.1, -0.05) is 41.3 Å². The van der Waals surface area contributed by atoms with E-state index in [1.54, 1.807) is 6.92 Å². The number of sulfonamides is 1. The van der Waals surface area contributed by atoms with E-state index in [2.05, 4.69) is 10.1 Å². The van der Waals surface area contributed by atoms with Crippen LogP contribution in [0.25, 0.3) is 10.7 Å². The molecule has 0 saturated heterocycles. The van der Waals surface area contributed by atoms with Crippen LogP contribution in [0.5, 0.6) is 0 Å². The number of nitrogens with zero attached hydrogens (tertiary/aromatic N) is 3. The number of halogens is 2. The van der Waals surface area contributed by atoms with Crippen LogP contribution in [0.3, 0.4) is 0 Å². The zero-order valence-electron chi connectivity index (χ0n) is 13.0. The minimum absolute atomic E-state index is 0.0542. The third-order valence-corrected chi connectivity index (χ3v) is 6.89. The van der Waals surface area contributed by atoms with Gasteiger partial charge in [-0.05, 0) is 29.6 Å². The Kier molecular flexibility index (Phi) is 5.45. The highest BCUT2D eigenvalue weighted by Crippen LogP contribution is 2.29. The largest absolute Gasteiger partial charge is 0.337 e. The standard InChI is InChI=1S/C15H13Cl2N3O3S2/c1-2-20(25(21,22)13-8-10(16)5-6-11(13)17)9-14-18-15(19-23-14)12-4-3-7-24-12/h3-8H,2,9H2,1H3. The van der Waals surface area contributed by atoms with Crippen LogP contribution in [0.1, 0.15) is 12.8 Å². The molecule has 0 N–H and O–H groups in total. The smallest absolute Gasteiger partial charge is 0.245 e. The highest BCUT2D eigenvalue weighted by molar-refractivity contribution is 7.89. The van der Waals surface area contributed by atoms with Crippen LogP contribution in [0.4, 0.5) is 0 Å². The molecule has 3 rings (SSSR count). The summed E-state index contributed by atoms with van der Waals surface area (Å²) in [6.07, 6.45) is 0. The molecule has 2 aromatic heterocycles. The van der Waals surface area contributed by atoms with E-state index in [-0.39, 0.29) is 33.9 Å². The molecule has 0 spiro atoms. The minimum Gasteiger partial charge on any atom is -0.337 e. The van der Waals surface area contributed by atoms with E-state index in [0.29, 0.717) is 5.82 Å². The van der Waals surface area contributed by atoms with E-state index >= 15 is 0 Å². The summed E-state index contributed by atoms with van der Waals surface area (Å²) < 4.78 is 32.1. The average molecular weight is 418 g/mol. The van der Waals surface area contributed by atoms with Gasteiger partial charge in [-0.15, -0.1) is 11.3 Å². The van der Waals surface area contributed by atoms with Gasteiger partial charge in [0.25, 0.3) is 0 Å². The summed E-state index contributed by atoms with van der Waals surface area (Å²) in [6.45, 7) is 1.87. The lowest BCUT2D eigenvalue weighted by molar-refractivity contribution is 0.321. The first kappa shape index (κ1) is 18.3. The third-order valence-electron chi connectivity index (χ3n) is 3.39. The molecule has 0 radical (unpaired) electrons. The van der Waals surface area contributed by atoms with Gasteiger partial charge in [0, 0.05) is 11.6 Å². The Labute approximate surface area is 159 Å². The maximum absolute atomic E-state index is 12.9. The average Bonchev–Trinajstić information content (AvgIpc) is 3.25. The fourth-order valence-corrected chi connectivity index (χ4v) is 4.94. The normalized spacial score (nSPS) is 12.0. The van der Waals surface area contributed by atoms with Gasteiger partial charge in [-0.2, -0.15) is 9.29 Å². The number of rotatable bonds is 6. The summed E-state index contributed by atoms with van der Waals surface area (Å²) >= 11 is 13.4. The lowest BCUT2D eigenvalue weighted by Crippen LogP contribution is -2.30. The Morgan fingerprint density at radius 3 is 2.76 bits per heavy atom. The fourth-order valence-electron chi connectivity index (χ4n) is 2.16. The van der Waals surface area contributed by atoms with Crippen LogP contribution in [-0.4, -0.2) is 29.4 Å². The van der Waals surface area contributed by atoms with Crippen molar-refractivity contribution in [2.45, 2.75) is 18.4 Å². The number of hydrogen-bond donors (Lipinski definition) is 0. The maximum atomic E-state index is 12.9. The minimum atomic E-state index is -3.86. The predicted octanol–water partition coefficient (Wildman–Crippen LogP) is 4.32. The molecule has 0 unspecified atom stereocenters. The van der Waals surface area contributed by atoms with E-state index in [0.717, 1.165) is 4.88 Å². The molecule has 0 fully saturated rings. The van der Waals surface area contributed by atoms with Crippen molar-refractivity contribution < 1.29 is 12.9 Å². The van der Waals surface area contributed by atoms with Crippen molar-refractivity contribution in [1.82, 2.24) is 14.4 Å². The number of benzene rings is 1. The van der Waals surface area contributed by atoms with Crippen molar-refractivity contribution in [3.8, 4) is 10.7 Å². The Hall–Kier alpha value is -1.45. The van der Waals surface area contributed by atoms with Gasteiger partial charge >= 0.3 is 0 Å². The molecule has 3 aromatic rings. The molecule has 0 aliphatic rings. The summed E-state index contributed by atoms with van der Waals surface area (Å²) in [4.78, 5) is 5.05. The van der Waals surface area contributed by atoms with Gasteiger partial charge in [-0.3, -0.25) is 0 Å². The summed E-state index contributed by atoms with van der Waals surface area (Å²) in [7, 11) is -3.86. The van der Waals surface area contributed by atoms with Crippen molar-refractivity contribution in [1.29, 1.82) is 0 Å². The lowest BCUT2D eigenvalue weighted by atomic mass is 10.4. The van der Waals surface area contributed by atoms with Crippen molar-refractivity contribution >= 4 is 44.6 Å². The van der Waals surface area contributed by atoms with E-state index in [1.165, 1.54) is 33.8 Å². The monoisotopic (exact) mass is 417 g/mol. The van der Waals surface area contributed by atoms with Crippen LogP contribution < -0.4 is 0 Å². The van der Waals surface area contributed by atoms with E-state index in [4.69, 9.17) is 27.7 Å². The number of aromatic nitrogens is 2. The second kappa shape index (κ2) is 7.43. The van der Waals surface area contributed by atoms with Gasteiger partial charge < -0.3 is 4.52 Å². The van der Waals surface area contributed by atoms with Gasteiger partial charge in [0.15, 0.2) is 0 Å². The molecular weight excluding hydrogens is 405 g/mol. The number of hydrogen-bond acceptors (Lipinski definition) is 6. The van der Waals surface area contributed by atoms with E-state index < -0.39 is 10.0 Å².